The quantitative estimate of drug-likeness (QED) is 0.800. The lowest BCUT2D eigenvalue weighted by Gasteiger charge is -2.14. The number of aromatic nitrogens is 2. The summed E-state index contributed by atoms with van der Waals surface area (Å²) in [5.74, 6) is 3.08. The van der Waals surface area contributed by atoms with Gasteiger partial charge >= 0.3 is 0 Å². The topological polar surface area (TPSA) is 93.2 Å². The lowest BCUT2D eigenvalue weighted by Crippen LogP contribution is -2.21. The molecule has 8 heteroatoms. The van der Waals surface area contributed by atoms with E-state index >= 15 is 0 Å². The average Bonchev–Trinajstić information content (AvgIpc) is 2.87. The van der Waals surface area contributed by atoms with Crippen LogP contribution in [0.3, 0.4) is 0 Å². The van der Waals surface area contributed by atoms with Crippen molar-refractivity contribution in [3.05, 3.63) is 36.2 Å². The predicted octanol–water partition coefficient (Wildman–Crippen LogP) is 2.91. The standard InChI is InChI=1S/C18H24N4O3S/c1-12(2)25-16-6-4-14(5-7-16)21-17-10-18(20-13(3)19-17)22-15-8-9-26(23,24)11-15/h4-7,10,12,15H,8-9,11H2,1-3H3,(H2,19,20,21,22). The molecule has 1 aliphatic rings. The van der Waals surface area contributed by atoms with Crippen molar-refractivity contribution in [2.24, 2.45) is 0 Å². The van der Waals surface area contributed by atoms with E-state index in [9.17, 15) is 8.42 Å². The van der Waals surface area contributed by atoms with E-state index in [-0.39, 0.29) is 23.7 Å². The van der Waals surface area contributed by atoms with Crippen molar-refractivity contribution in [3.63, 3.8) is 0 Å². The molecule has 26 heavy (non-hydrogen) atoms. The van der Waals surface area contributed by atoms with E-state index < -0.39 is 9.84 Å². The Bertz CT molecular complexity index is 867. The van der Waals surface area contributed by atoms with Gasteiger partial charge in [0.25, 0.3) is 0 Å². The fourth-order valence-electron chi connectivity index (χ4n) is 2.86. The van der Waals surface area contributed by atoms with Crippen LogP contribution in [0, 0.1) is 6.92 Å². The Morgan fingerprint density at radius 1 is 1.15 bits per heavy atom. The van der Waals surface area contributed by atoms with Crippen LogP contribution >= 0.6 is 0 Å². The van der Waals surface area contributed by atoms with Crippen LogP contribution in [0.2, 0.25) is 0 Å². The Hall–Kier alpha value is -2.35. The molecule has 0 bridgehead atoms. The molecule has 140 valence electrons. The maximum Gasteiger partial charge on any atom is 0.152 e. The summed E-state index contributed by atoms with van der Waals surface area (Å²) in [5.41, 5.74) is 0.883. The molecule has 2 N–H and O–H groups in total. The molecule has 1 atom stereocenters. The molecule has 0 aliphatic carbocycles. The highest BCUT2D eigenvalue weighted by Crippen LogP contribution is 2.22. The van der Waals surface area contributed by atoms with Crippen molar-refractivity contribution in [1.29, 1.82) is 0 Å². The number of aryl methyl sites for hydroxylation is 1. The summed E-state index contributed by atoms with van der Waals surface area (Å²) >= 11 is 0. The van der Waals surface area contributed by atoms with Gasteiger partial charge in [-0.25, -0.2) is 18.4 Å². The maximum atomic E-state index is 11.6. The van der Waals surface area contributed by atoms with Crippen molar-refractivity contribution < 1.29 is 13.2 Å². The van der Waals surface area contributed by atoms with Gasteiger partial charge in [-0.1, -0.05) is 0 Å². The number of nitrogens with one attached hydrogen (secondary N) is 2. The second-order valence-electron chi connectivity index (χ2n) is 6.75. The van der Waals surface area contributed by atoms with Crippen molar-refractivity contribution in [2.45, 2.75) is 39.3 Å². The Morgan fingerprint density at radius 2 is 1.85 bits per heavy atom. The third-order valence-electron chi connectivity index (χ3n) is 3.92. The molecular weight excluding hydrogens is 352 g/mol. The Labute approximate surface area is 154 Å². The molecule has 7 nitrogen and oxygen atoms in total. The zero-order valence-corrected chi connectivity index (χ0v) is 16.0. The number of anilines is 3. The number of ether oxygens (including phenoxy) is 1. The molecule has 1 aromatic carbocycles. The van der Waals surface area contributed by atoms with E-state index in [4.69, 9.17) is 4.74 Å². The van der Waals surface area contributed by atoms with Gasteiger partial charge in [0.15, 0.2) is 9.84 Å². The summed E-state index contributed by atoms with van der Waals surface area (Å²) in [6.45, 7) is 5.78. The summed E-state index contributed by atoms with van der Waals surface area (Å²) < 4.78 is 28.8. The largest absolute Gasteiger partial charge is 0.491 e. The van der Waals surface area contributed by atoms with Crippen LogP contribution < -0.4 is 15.4 Å². The minimum Gasteiger partial charge on any atom is -0.491 e. The molecule has 1 fully saturated rings. The summed E-state index contributed by atoms with van der Waals surface area (Å²) in [4.78, 5) is 8.75. The van der Waals surface area contributed by atoms with Crippen LogP contribution in [0.4, 0.5) is 17.3 Å². The molecule has 1 aromatic heterocycles. The van der Waals surface area contributed by atoms with Crippen LogP contribution in [-0.2, 0) is 9.84 Å². The second kappa shape index (κ2) is 7.49. The third kappa shape index (κ3) is 5.08. The van der Waals surface area contributed by atoms with Gasteiger partial charge in [0, 0.05) is 17.8 Å². The van der Waals surface area contributed by atoms with E-state index in [1.807, 2.05) is 38.1 Å². The number of sulfone groups is 1. The Kier molecular flexibility index (Phi) is 5.31. The average molecular weight is 376 g/mol. The SMILES string of the molecule is Cc1nc(Nc2ccc(OC(C)C)cc2)cc(NC2CCS(=O)(=O)C2)n1. The Morgan fingerprint density at radius 3 is 2.46 bits per heavy atom. The number of nitrogens with zero attached hydrogens (tertiary/aromatic N) is 2. The highest BCUT2D eigenvalue weighted by Gasteiger charge is 2.28. The van der Waals surface area contributed by atoms with Gasteiger partial charge < -0.3 is 15.4 Å². The lowest BCUT2D eigenvalue weighted by atomic mass is 10.2. The predicted molar refractivity (Wildman–Crippen MR) is 103 cm³/mol. The smallest absolute Gasteiger partial charge is 0.152 e. The first-order chi connectivity index (χ1) is 12.3. The molecule has 3 rings (SSSR count). The Balaban J connectivity index is 1.69. The number of hydrogen-bond acceptors (Lipinski definition) is 7. The molecule has 2 aromatic rings. The summed E-state index contributed by atoms with van der Waals surface area (Å²) in [6, 6.07) is 9.33. The first-order valence-electron chi connectivity index (χ1n) is 8.65. The van der Waals surface area contributed by atoms with Gasteiger partial charge in [-0.15, -0.1) is 0 Å². The molecule has 1 unspecified atom stereocenters. The lowest BCUT2D eigenvalue weighted by molar-refractivity contribution is 0.242. The summed E-state index contributed by atoms with van der Waals surface area (Å²) in [7, 11) is -2.93. The van der Waals surface area contributed by atoms with Crippen LogP contribution in [0.25, 0.3) is 0 Å². The van der Waals surface area contributed by atoms with Crippen molar-refractivity contribution in [3.8, 4) is 5.75 Å². The monoisotopic (exact) mass is 376 g/mol. The van der Waals surface area contributed by atoms with E-state index in [1.54, 1.807) is 13.0 Å². The van der Waals surface area contributed by atoms with Crippen molar-refractivity contribution >= 4 is 27.2 Å². The number of hydrogen-bond donors (Lipinski definition) is 2. The first kappa shape index (κ1) is 18.4. The molecule has 0 radical (unpaired) electrons. The van der Waals surface area contributed by atoms with Gasteiger partial charge in [0.2, 0.25) is 0 Å². The van der Waals surface area contributed by atoms with Crippen LogP contribution in [0.5, 0.6) is 5.75 Å². The van der Waals surface area contributed by atoms with Gasteiger partial charge in [0.05, 0.1) is 17.6 Å². The van der Waals surface area contributed by atoms with Crippen LogP contribution in [-0.4, -0.2) is 42.0 Å². The fraction of sp³-hybridized carbons (Fsp3) is 0.444. The van der Waals surface area contributed by atoms with E-state index in [0.717, 1.165) is 11.4 Å². The third-order valence-corrected chi connectivity index (χ3v) is 5.69. The van der Waals surface area contributed by atoms with Gasteiger partial charge in [-0.05, 0) is 51.5 Å². The number of benzene rings is 1. The minimum atomic E-state index is -2.93. The molecular formula is C18H24N4O3S. The van der Waals surface area contributed by atoms with Crippen molar-refractivity contribution in [1.82, 2.24) is 9.97 Å². The highest BCUT2D eigenvalue weighted by atomic mass is 32.2. The molecule has 1 saturated heterocycles. The zero-order chi connectivity index (χ0) is 18.7. The van der Waals surface area contributed by atoms with Gasteiger partial charge in [-0.2, -0.15) is 0 Å². The molecule has 0 spiro atoms. The van der Waals surface area contributed by atoms with Crippen molar-refractivity contribution in [2.75, 3.05) is 22.1 Å². The number of rotatable bonds is 6. The minimum absolute atomic E-state index is 0.102. The van der Waals surface area contributed by atoms with E-state index in [1.165, 1.54) is 0 Å². The molecule has 1 aliphatic heterocycles. The van der Waals surface area contributed by atoms with Gasteiger partial charge in [0.1, 0.15) is 23.2 Å². The maximum absolute atomic E-state index is 11.6. The normalized spacial score (nSPS) is 18.7. The van der Waals surface area contributed by atoms with E-state index in [0.29, 0.717) is 23.9 Å². The summed E-state index contributed by atoms with van der Waals surface area (Å²) in [6.07, 6.45) is 0.734. The van der Waals surface area contributed by atoms with Crippen LogP contribution in [0.15, 0.2) is 30.3 Å². The zero-order valence-electron chi connectivity index (χ0n) is 15.2. The van der Waals surface area contributed by atoms with Crippen LogP contribution in [0.1, 0.15) is 26.1 Å². The summed E-state index contributed by atoms with van der Waals surface area (Å²) in [5, 5.41) is 6.45. The van der Waals surface area contributed by atoms with E-state index in [2.05, 4.69) is 20.6 Å². The molecule has 0 saturated carbocycles. The highest BCUT2D eigenvalue weighted by molar-refractivity contribution is 7.91. The van der Waals surface area contributed by atoms with Gasteiger partial charge in [-0.3, -0.25) is 0 Å². The molecule has 2 heterocycles. The first-order valence-corrected chi connectivity index (χ1v) is 10.5. The molecule has 0 amide bonds. The second-order valence-corrected chi connectivity index (χ2v) is 8.97. The fourth-order valence-corrected chi connectivity index (χ4v) is 4.53.